The monoisotopic (exact) mass is 361 g/mol. The molecule has 1 aromatic heterocycles. The van der Waals surface area contributed by atoms with E-state index in [1.807, 2.05) is 0 Å². The fraction of sp³-hybridized carbons (Fsp3) is 0.750. The van der Waals surface area contributed by atoms with Crippen LogP contribution in [0.1, 0.15) is 12.8 Å². The van der Waals surface area contributed by atoms with Gasteiger partial charge in [-0.15, -0.1) is 10.2 Å². The first-order chi connectivity index (χ1) is 11.1. The molecule has 1 atom stereocenters. The summed E-state index contributed by atoms with van der Waals surface area (Å²) in [4.78, 5) is 12.3. The van der Waals surface area contributed by atoms with E-state index in [9.17, 15) is 13.2 Å². The lowest BCUT2D eigenvalue weighted by molar-refractivity contribution is -0.120. The van der Waals surface area contributed by atoms with Gasteiger partial charge < -0.3 is 10.1 Å². The average molecular weight is 361 g/mol. The molecular weight excluding hydrogens is 342 g/mol. The summed E-state index contributed by atoms with van der Waals surface area (Å²) in [6, 6.07) is 0. The van der Waals surface area contributed by atoms with Gasteiger partial charge in [0.15, 0.2) is 0 Å². The van der Waals surface area contributed by atoms with Crippen LogP contribution in [0.25, 0.3) is 0 Å². The van der Waals surface area contributed by atoms with Crippen molar-refractivity contribution in [2.45, 2.75) is 12.8 Å². The van der Waals surface area contributed by atoms with E-state index in [-0.39, 0.29) is 18.4 Å². The van der Waals surface area contributed by atoms with Crippen LogP contribution in [-0.4, -0.2) is 72.5 Å². The van der Waals surface area contributed by atoms with E-state index in [1.165, 1.54) is 25.5 Å². The van der Waals surface area contributed by atoms with Crippen LogP contribution < -0.4 is 5.32 Å². The summed E-state index contributed by atoms with van der Waals surface area (Å²) in [6.45, 7) is 2.19. The van der Waals surface area contributed by atoms with Crippen LogP contribution in [0.3, 0.4) is 0 Å². The number of nitrogens with one attached hydrogen (secondary N) is 1. The Morgan fingerprint density at radius 2 is 2.09 bits per heavy atom. The number of nitrogens with zero attached hydrogens (tertiary/aromatic N) is 4. The Hall–Kier alpha value is -1.14. The van der Waals surface area contributed by atoms with Crippen molar-refractivity contribution in [1.29, 1.82) is 0 Å². The van der Waals surface area contributed by atoms with Crippen LogP contribution in [0, 0.1) is 5.92 Å². The van der Waals surface area contributed by atoms with Gasteiger partial charge >= 0.3 is 0 Å². The number of anilines is 1. The van der Waals surface area contributed by atoms with Gasteiger partial charge in [0.05, 0.1) is 19.1 Å². The van der Waals surface area contributed by atoms with Crippen molar-refractivity contribution in [3.05, 3.63) is 5.51 Å². The van der Waals surface area contributed by atoms with E-state index < -0.39 is 10.2 Å². The Morgan fingerprint density at radius 3 is 2.78 bits per heavy atom. The largest absolute Gasteiger partial charge is 0.379 e. The fourth-order valence-electron chi connectivity index (χ4n) is 2.74. The maximum atomic E-state index is 12.7. The van der Waals surface area contributed by atoms with Gasteiger partial charge in [-0.25, -0.2) is 0 Å². The van der Waals surface area contributed by atoms with Crippen LogP contribution in [0.2, 0.25) is 0 Å². The minimum atomic E-state index is -3.53. The number of rotatable bonds is 4. The van der Waals surface area contributed by atoms with Crippen LogP contribution in [-0.2, 0) is 19.7 Å². The van der Waals surface area contributed by atoms with E-state index >= 15 is 0 Å². The van der Waals surface area contributed by atoms with Crippen molar-refractivity contribution < 1.29 is 17.9 Å². The zero-order chi connectivity index (χ0) is 16.3. The van der Waals surface area contributed by atoms with Crippen molar-refractivity contribution in [3.63, 3.8) is 0 Å². The summed E-state index contributed by atoms with van der Waals surface area (Å²) >= 11 is 1.24. The number of aromatic nitrogens is 2. The highest BCUT2D eigenvalue weighted by atomic mass is 32.2. The van der Waals surface area contributed by atoms with Crippen molar-refractivity contribution in [2.75, 3.05) is 44.7 Å². The molecule has 0 aromatic carbocycles. The van der Waals surface area contributed by atoms with E-state index in [0.717, 1.165) is 0 Å². The summed E-state index contributed by atoms with van der Waals surface area (Å²) in [6.07, 6.45) is 1.33. The molecule has 1 aromatic rings. The summed E-state index contributed by atoms with van der Waals surface area (Å²) in [5.74, 6) is -0.577. The Balaban J connectivity index is 1.64. The number of hydrogen-bond acceptors (Lipinski definition) is 7. The van der Waals surface area contributed by atoms with Gasteiger partial charge in [-0.2, -0.15) is 17.0 Å². The molecule has 3 heterocycles. The normalized spacial score (nSPS) is 24.4. The average Bonchev–Trinajstić information content (AvgIpc) is 3.09. The molecule has 0 aliphatic carbocycles. The predicted molar refractivity (Wildman–Crippen MR) is 84.1 cm³/mol. The van der Waals surface area contributed by atoms with Crippen LogP contribution >= 0.6 is 11.3 Å². The number of ether oxygens (including phenoxy) is 1. The van der Waals surface area contributed by atoms with Gasteiger partial charge in [0.2, 0.25) is 11.0 Å². The first-order valence-electron chi connectivity index (χ1n) is 7.47. The molecule has 0 saturated carbocycles. The number of morpholine rings is 1. The van der Waals surface area contributed by atoms with E-state index in [0.29, 0.717) is 50.8 Å². The number of carbonyl (C=O) groups excluding carboxylic acids is 1. The topological polar surface area (TPSA) is 105 Å². The summed E-state index contributed by atoms with van der Waals surface area (Å²) in [5, 5.41) is 10.6. The number of amides is 1. The molecule has 3 rings (SSSR count). The molecule has 2 aliphatic heterocycles. The van der Waals surface area contributed by atoms with Gasteiger partial charge in [-0.1, -0.05) is 11.3 Å². The maximum absolute atomic E-state index is 12.7. The molecule has 1 N–H and O–H groups in total. The maximum Gasteiger partial charge on any atom is 0.282 e. The van der Waals surface area contributed by atoms with E-state index in [4.69, 9.17) is 4.74 Å². The molecule has 2 fully saturated rings. The van der Waals surface area contributed by atoms with Crippen LogP contribution in [0.15, 0.2) is 5.51 Å². The molecule has 0 unspecified atom stereocenters. The molecule has 2 aliphatic rings. The summed E-state index contributed by atoms with van der Waals surface area (Å²) in [7, 11) is -3.53. The van der Waals surface area contributed by atoms with E-state index in [2.05, 4.69) is 15.5 Å². The molecule has 128 valence electrons. The first-order valence-corrected chi connectivity index (χ1v) is 9.75. The molecule has 2 saturated heterocycles. The molecule has 11 heteroatoms. The zero-order valence-electron chi connectivity index (χ0n) is 12.5. The molecule has 9 nitrogen and oxygen atoms in total. The molecule has 23 heavy (non-hydrogen) atoms. The minimum Gasteiger partial charge on any atom is -0.379 e. The lowest BCUT2D eigenvalue weighted by Crippen LogP contribution is -2.52. The SMILES string of the molecule is O=C(Nc1nncs1)[C@@H]1CCCN(S(=O)(=O)N2CCOCC2)C1. The van der Waals surface area contributed by atoms with Gasteiger partial charge in [-0.05, 0) is 12.8 Å². The summed E-state index contributed by atoms with van der Waals surface area (Å²) in [5.41, 5.74) is 1.53. The van der Waals surface area contributed by atoms with Crippen LogP contribution in [0.4, 0.5) is 5.13 Å². The molecule has 0 bridgehead atoms. The third kappa shape index (κ3) is 3.86. The van der Waals surface area contributed by atoms with Gasteiger partial charge in [0, 0.05) is 26.2 Å². The number of carbonyl (C=O) groups is 1. The zero-order valence-corrected chi connectivity index (χ0v) is 14.2. The Kier molecular flexibility index (Phi) is 5.21. The number of piperidine rings is 1. The highest BCUT2D eigenvalue weighted by molar-refractivity contribution is 7.86. The van der Waals surface area contributed by atoms with Gasteiger partial charge in [0.1, 0.15) is 5.51 Å². The highest BCUT2D eigenvalue weighted by Crippen LogP contribution is 2.23. The van der Waals surface area contributed by atoms with Crippen molar-refractivity contribution >= 4 is 32.6 Å². The lowest BCUT2D eigenvalue weighted by Gasteiger charge is -2.36. The molecule has 1 amide bonds. The smallest absolute Gasteiger partial charge is 0.282 e. The third-order valence-electron chi connectivity index (χ3n) is 3.97. The van der Waals surface area contributed by atoms with Crippen LogP contribution in [0.5, 0.6) is 0 Å². The van der Waals surface area contributed by atoms with Crippen molar-refractivity contribution in [2.24, 2.45) is 5.92 Å². The Bertz CT molecular complexity index is 630. The first kappa shape index (κ1) is 16.7. The third-order valence-corrected chi connectivity index (χ3v) is 6.58. The second kappa shape index (κ2) is 7.18. The van der Waals surface area contributed by atoms with Crippen molar-refractivity contribution in [3.8, 4) is 0 Å². The van der Waals surface area contributed by atoms with Gasteiger partial charge in [-0.3, -0.25) is 4.79 Å². The minimum absolute atomic E-state index is 0.199. The Morgan fingerprint density at radius 1 is 1.30 bits per heavy atom. The lowest BCUT2D eigenvalue weighted by atomic mass is 9.99. The quantitative estimate of drug-likeness (QED) is 0.794. The molecule has 0 spiro atoms. The molecule has 0 radical (unpaired) electrons. The predicted octanol–water partition coefficient (Wildman–Crippen LogP) is -0.234. The highest BCUT2D eigenvalue weighted by Gasteiger charge is 2.36. The second-order valence-corrected chi connectivity index (χ2v) is 8.21. The second-order valence-electron chi connectivity index (χ2n) is 5.45. The Labute approximate surface area is 138 Å². The van der Waals surface area contributed by atoms with E-state index in [1.54, 1.807) is 0 Å². The van der Waals surface area contributed by atoms with Crippen molar-refractivity contribution in [1.82, 2.24) is 18.8 Å². The van der Waals surface area contributed by atoms with Gasteiger partial charge in [0.25, 0.3) is 10.2 Å². The number of hydrogen-bond donors (Lipinski definition) is 1. The molecular formula is C12H19N5O4S2. The summed E-state index contributed by atoms with van der Waals surface area (Å²) < 4.78 is 33.4. The fourth-order valence-corrected chi connectivity index (χ4v) is 4.85. The standard InChI is InChI=1S/C12H19N5O4S2/c18-11(14-12-15-13-9-22-12)10-2-1-3-17(8-10)23(19,20)16-4-6-21-7-5-16/h9-10H,1-8H2,(H,14,15,18)/t10-/m1/s1.